The predicted octanol–water partition coefficient (Wildman–Crippen LogP) is 5.36. The molecule has 0 saturated heterocycles. The summed E-state index contributed by atoms with van der Waals surface area (Å²) in [6, 6.07) is 18.1. The van der Waals surface area contributed by atoms with E-state index in [0.717, 1.165) is 17.5 Å². The Kier molecular flexibility index (Phi) is 5.93. The molecule has 0 fully saturated rings. The Morgan fingerprint density at radius 3 is 2.67 bits per heavy atom. The highest BCUT2D eigenvalue weighted by atomic mass is 35.5. The first-order valence-electron chi connectivity index (χ1n) is 9.39. The van der Waals surface area contributed by atoms with Crippen molar-refractivity contribution in [2.24, 2.45) is 0 Å². The van der Waals surface area contributed by atoms with E-state index in [4.69, 9.17) is 27.9 Å². The van der Waals surface area contributed by atoms with Gasteiger partial charge in [-0.15, -0.1) is 0 Å². The molecule has 30 heavy (non-hydrogen) atoms. The lowest BCUT2D eigenvalue weighted by atomic mass is 10.0. The third-order valence-electron chi connectivity index (χ3n) is 4.77. The van der Waals surface area contributed by atoms with Crippen molar-refractivity contribution in [3.63, 3.8) is 0 Å². The number of fused-ring (bicyclic) bond motifs is 1. The zero-order chi connectivity index (χ0) is 21.1. The Morgan fingerprint density at radius 2 is 1.83 bits per heavy atom. The Bertz CT molecular complexity index is 1130. The maximum Gasteiger partial charge on any atom is 0.262 e. The summed E-state index contributed by atoms with van der Waals surface area (Å²) in [6.45, 7) is 0.00124. The number of aryl methyl sites for hydroxylation is 2. The molecule has 152 valence electrons. The van der Waals surface area contributed by atoms with Crippen molar-refractivity contribution in [1.82, 2.24) is 0 Å². The third kappa shape index (κ3) is 4.58. The van der Waals surface area contributed by atoms with Crippen LogP contribution in [0.15, 0.2) is 60.7 Å². The van der Waals surface area contributed by atoms with Gasteiger partial charge in [0.2, 0.25) is 0 Å². The summed E-state index contributed by atoms with van der Waals surface area (Å²) in [5.74, 6) is 0.173. The monoisotopic (exact) mass is 440 g/mol. The molecule has 2 N–H and O–H groups in total. The molecular weight excluding hydrogens is 423 g/mol. The molecule has 0 bridgehead atoms. The van der Waals surface area contributed by atoms with Gasteiger partial charge in [0.15, 0.2) is 6.61 Å². The fourth-order valence-corrected chi connectivity index (χ4v) is 3.74. The van der Waals surface area contributed by atoms with E-state index >= 15 is 0 Å². The van der Waals surface area contributed by atoms with Crippen LogP contribution >= 0.6 is 23.2 Å². The number of benzene rings is 3. The number of hydrogen-bond donors (Lipinski definition) is 2. The van der Waals surface area contributed by atoms with Crippen molar-refractivity contribution < 1.29 is 14.3 Å². The summed E-state index contributed by atoms with van der Waals surface area (Å²) in [7, 11) is 0. The van der Waals surface area contributed by atoms with Crippen molar-refractivity contribution in [2.75, 3.05) is 17.2 Å². The van der Waals surface area contributed by atoms with Gasteiger partial charge in [-0.2, -0.15) is 0 Å². The first kappa shape index (κ1) is 20.3. The molecule has 1 heterocycles. The average Bonchev–Trinajstić information content (AvgIpc) is 2.73. The highest BCUT2D eigenvalue weighted by molar-refractivity contribution is 6.34. The van der Waals surface area contributed by atoms with Gasteiger partial charge in [-0.3, -0.25) is 9.59 Å². The Balaban J connectivity index is 1.45. The summed E-state index contributed by atoms with van der Waals surface area (Å²) >= 11 is 12.5. The number of rotatable bonds is 5. The van der Waals surface area contributed by atoms with E-state index in [-0.39, 0.29) is 18.4 Å². The number of ether oxygens (including phenoxy) is 1. The van der Waals surface area contributed by atoms with E-state index in [1.54, 1.807) is 30.3 Å². The molecule has 0 radical (unpaired) electrons. The Hall–Kier alpha value is -3.02. The van der Waals surface area contributed by atoms with E-state index in [0.29, 0.717) is 39.2 Å². The van der Waals surface area contributed by atoms with Gasteiger partial charge in [0.05, 0.1) is 16.3 Å². The molecule has 0 aliphatic carbocycles. The largest absolute Gasteiger partial charge is 0.482 e. The van der Waals surface area contributed by atoms with Crippen molar-refractivity contribution in [3.05, 3.63) is 87.4 Å². The lowest BCUT2D eigenvalue weighted by molar-refractivity contribution is -0.118. The fraction of sp³-hybridized carbons (Fsp3) is 0.130. The average molecular weight is 441 g/mol. The van der Waals surface area contributed by atoms with Crippen LogP contribution in [-0.2, 0) is 17.6 Å². The molecule has 3 aromatic rings. The molecule has 1 aliphatic heterocycles. The predicted molar refractivity (Wildman–Crippen MR) is 119 cm³/mol. The van der Waals surface area contributed by atoms with E-state index in [1.165, 1.54) is 0 Å². The zero-order valence-electron chi connectivity index (χ0n) is 15.9. The van der Waals surface area contributed by atoms with Crippen molar-refractivity contribution >= 4 is 46.4 Å². The zero-order valence-corrected chi connectivity index (χ0v) is 17.4. The normalized spacial score (nSPS) is 12.5. The molecule has 3 aromatic carbocycles. The molecule has 0 atom stereocenters. The lowest BCUT2D eigenvalue weighted by Gasteiger charge is -2.19. The second-order valence-corrected chi connectivity index (χ2v) is 7.73. The van der Waals surface area contributed by atoms with Crippen LogP contribution in [0.1, 0.15) is 21.5 Å². The number of halogens is 2. The van der Waals surface area contributed by atoms with E-state index in [1.807, 2.05) is 30.3 Å². The second kappa shape index (κ2) is 8.78. The van der Waals surface area contributed by atoms with Crippen LogP contribution in [0.3, 0.4) is 0 Å². The lowest BCUT2D eigenvalue weighted by Crippen LogP contribution is -2.25. The molecule has 0 aromatic heterocycles. The van der Waals surface area contributed by atoms with Gasteiger partial charge in [0.1, 0.15) is 5.75 Å². The molecule has 4 rings (SSSR count). The molecule has 5 nitrogen and oxygen atoms in total. The summed E-state index contributed by atoms with van der Waals surface area (Å²) < 4.78 is 5.47. The highest BCUT2D eigenvalue weighted by Gasteiger charge is 2.18. The summed E-state index contributed by atoms with van der Waals surface area (Å²) in [5, 5.41) is 6.61. The maximum atomic E-state index is 12.5. The summed E-state index contributed by atoms with van der Waals surface area (Å²) in [4.78, 5) is 23.9. The highest BCUT2D eigenvalue weighted by Crippen LogP contribution is 2.34. The first-order chi connectivity index (χ1) is 14.5. The number of amides is 2. The molecule has 0 spiro atoms. The Morgan fingerprint density at radius 1 is 1.00 bits per heavy atom. The van der Waals surface area contributed by atoms with Crippen LogP contribution < -0.4 is 15.4 Å². The smallest absolute Gasteiger partial charge is 0.262 e. The minimum absolute atomic E-state index is 0.00124. The van der Waals surface area contributed by atoms with Crippen LogP contribution in [-0.4, -0.2) is 18.4 Å². The van der Waals surface area contributed by atoms with Crippen LogP contribution in [0.25, 0.3) is 0 Å². The van der Waals surface area contributed by atoms with Gasteiger partial charge in [-0.05, 0) is 60.4 Å². The van der Waals surface area contributed by atoms with E-state index in [9.17, 15) is 9.59 Å². The SMILES string of the molecule is O=C1COc2cc(CCc3cccc(NC(=O)c4ccccc4Cl)c3)c(Cl)cc2N1. The van der Waals surface area contributed by atoms with Crippen molar-refractivity contribution in [1.29, 1.82) is 0 Å². The molecule has 0 saturated carbocycles. The Labute approximate surface area is 184 Å². The van der Waals surface area contributed by atoms with Gasteiger partial charge in [-0.1, -0.05) is 47.5 Å². The fourth-order valence-electron chi connectivity index (χ4n) is 3.26. The molecular formula is C23H18Cl2N2O3. The second-order valence-electron chi connectivity index (χ2n) is 6.91. The van der Waals surface area contributed by atoms with Gasteiger partial charge in [-0.25, -0.2) is 0 Å². The number of carbonyl (C=O) groups excluding carboxylic acids is 2. The maximum absolute atomic E-state index is 12.5. The third-order valence-corrected chi connectivity index (χ3v) is 5.45. The van der Waals surface area contributed by atoms with Crippen molar-refractivity contribution in [3.8, 4) is 5.75 Å². The van der Waals surface area contributed by atoms with Gasteiger partial charge in [0, 0.05) is 10.7 Å². The molecule has 7 heteroatoms. The molecule has 0 unspecified atom stereocenters. The summed E-state index contributed by atoms with van der Waals surface area (Å²) in [6.07, 6.45) is 1.41. The van der Waals surface area contributed by atoms with E-state index < -0.39 is 0 Å². The summed E-state index contributed by atoms with van der Waals surface area (Å²) in [5.41, 5.74) is 3.69. The van der Waals surface area contributed by atoms with Crippen molar-refractivity contribution in [2.45, 2.75) is 12.8 Å². The number of carbonyl (C=O) groups is 2. The minimum atomic E-state index is -0.255. The minimum Gasteiger partial charge on any atom is -0.482 e. The van der Waals surface area contributed by atoms with Crippen LogP contribution in [0, 0.1) is 0 Å². The number of anilines is 2. The topological polar surface area (TPSA) is 67.4 Å². The quantitative estimate of drug-likeness (QED) is 0.560. The number of hydrogen-bond acceptors (Lipinski definition) is 3. The van der Waals surface area contributed by atoms with E-state index in [2.05, 4.69) is 10.6 Å². The first-order valence-corrected chi connectivity index (χ1v) is 10.1. The van der Waals surface area contributed by atoms with Gasteiger partial charge < -0.3 is 15.4 Å². The standard InChI is InChI=1S/C23H18Cl2N2O3/c24-18-7-2-1-6-17(18)23(29)26-16-5-3-4-14(10-16)8-9-15-11-21-20(12-19(15)25)27-22(28)13-30-21/h1-7,10-12H,8-9,13H2,(H,26,29)(H,27,28). The van der Waals surface area contributed by atoms with Gasteiger partial charge >= 0.3 is 0 Å². The van der Waals surface area contributed by atoms with Crippen LogP contribution in [0.4, 0.5) is 11.4 Å². The van der Waals surface area contributed by atoms with Crippen LogP contribution in [0.5, 0.6) is 5.75 Å². The van der Waals surface area contributed by atoms with Crippen LogP contribution in [0.2, 0.25) is 10.0 Å². The molecule has 2 amide bonds. The molecule has 1 aliphatic rings. The van der Waals surface area contributed by atoms with Gasteiger partial charge in [0.25, 0.3) is 11.8 Å². The number of nitrogens with one attached hydrogen (secondary N) is 2.